The molecular weight excluding hydrogens is 494 g/mol. The Hall–Kier alpha value is -2.09. The third-order valence-electron chi connectivity index (χ3n) is 5.07. The normalized spacial score (nSPS) is 12.6. The van der Waals surface area contributed by atoms with Crippen molar-refractivity contribution >= 4 is 40.9 Å². The van der Waals surface area contributed by atoms with Crippen LogP contribution >= 0.6 is 35.0 Å². The third kappa shape index (κ3) is 7.72. The second-order valence-corrected chi connectivity index (χ2v) is 11.4. The van der Waals surface area contributed by atoms with Crippen LogP contribution in [-0.4, -0.2) is 20.7 Å². The van der Waals surface area contributed by atoms with Crippen LogP contribution in [0.4, 0.5) is 4.39 Å². The molecule has 0 aliphatic rings. The van der Waals surface area contributed by atoms with Crippen molar-refractivity contribution in [1.29, 1.82) is 0 Å². The Balaban J connectivity index is 1.78. The van der Waals surface area contributed by atoms with Crippen LogP contribution in [0.1, 0.15) is 51.9 Å². The van der Waals surface area contributed by atoms with Gasteiger partial charge >= 0.3 is 0 Å². The van der Waals surface area contributed by atoms with Crippen molar-refractivity contribution < 1.29 is 9.18 Å². The fourth-order valence-corrected chi connectivity index (χ4v) is 5.24. The van der Waals surface area contributed by atoms with Gasteiger partial charge in [-0.3, -0.25) is 9.36 Å². The summed E-state index contributed by atoms with van der Waals surface area (Å²) in [7, 11) is 0. The smallest absolute Gasteiger partial charge is 0.220 e. The highest BCUT2D eigenvalue weighted by Gasteiger charge is 2.20. The molecule has 5 nitrogen and oxygen atoms in total. The molecule has 34 heavy (non-hydrogen) atoms. The number of carbonyl (C=O) groups is 1. The minimum absolute atomic E-state index is 0.0333. The quantitative estimate of drug-likeness (QED) is 0.305. The van der Waals surface area contributed by atoms with E-state index in [1.165, 1.54) is 23.9 Å². The second-order valence-electron chi connectivity index (χ2n) is 9.60. The number of nitrogens with one attached hydrogen (secondary N) is 1. The highest BCUT2D eigenvalue weighted by atomic mass is 35.5. The summed E-state index contributed by atoms with van der Waals surface area (Å²) in [6.45, 7) is 8.82. The average molecular weight is 524 g/mol. The molecule has 0 aliphatic heterocycles. The van der Waals surface area contributed by atoms with Crippen molar-refractivity contribution in [2.45, 2.75) is 58.0 Å². The van der Waals surface area contributed by atoms with Gasteiger partial charge in [0.25, 0.3) is 0 Å². The van der Waals surface area contributed by atoms with E-state index in [0.717, 1.165) is 12.0 Å². The molecule has 0 spiro atoms. The molecule has 0 saturated carbocycles. The van der Waals surface area contributed by atoms with E-state index in [0.29, 0.717) is 38.9 Å². The Morgan fingerprint density at radius 1 is 1.15 bits per heavy atom. The van der Waals surface area contributed by atoms with Gasteiger partial charge < -0.3 is 5.32 Å². The van der Waals surface area contributed by atoms with Crippen LogP contribution in [0.3, 0.4) is 0 Å². The molecular formula is C25H29Cl2FN4OS. The van der Waals surface area contributed by atoms with Crippen LogP contribution in [0.25, 0.3) is 5.69 Å². The zero-order valence-electron chi connectivity index (χ0n) is 19.7. The maximum atomic E-state index is 13.2. The van der Waals surface area contributed by atoms with Crippen LogP contribution in [-0.2, 0) is 17.1 Å². The molecule has 1 amide bonds. The summed E-state index contributed by atoms with van der Waals surface area (Å²) in [5, 5.41) is 13.2. The van der Waals surface area contributed by atoms with E-state index in [-0.39, 0.29) is 29.6 Å². The molecule has 9 heteroatoms. The van der Waals surface area contributed by atoms with Crippen molar-refractivity contribution in [1.82, 2.24) is 20.1 Å². The summed E-state index contributed by atoms with van der Waals surface area (Å²) >= 11 is 14.0. The van der Waals surface area contributed by atoms with Crippen molar-refractivity contribution in [3.63, 3.8) is 0 Å². The Kier molecular flexibility index (Phi) is 9.01. The predicted octanol–water partition coefficient (Wildman–Crippen LogP) is 7.08. The number of hydrogen-bond acceptors (Lipinski definition) is 4. The fourth-order valence-electron chi connectivity index (χ4n) is 3.83. The van der Waals surface area contributed by atoms with Crippen LogP contribution in [0, 0.1) is 17.2 Å². The Bertz CT molecular complexity index is 1130. The average Bonchev–Trinajstić information content (AvgIpc) is 3.13. The van der Waals surface area contributed by atoms with E-state index in [1.807, 2.05) is 4.57 Å². The largest absolute Gasteiger partial charge is 0.349 e. The van der Waals surface area contributed by atoms with Crippen molar-refractivity contribution in [2.75, 3.05) is 0 Å². The van der Waals surface area contributed by atoms with Gasteiger partial charge in [-0.25, -0.2) is 4.39 Å². The number of thioether (sulfide) groups is 1. The van der Waals surface area contributed by atoms with E-state index in [2.05, 4.69) is 43.2 Å². The summed E-state index contributed by atoms with van der Waals surface area (Å²) in [5.74, 6) is 1.09. The number of benzene rings is 2. The second kappa shape index (κ2) is 11.6. The molecule has 3 aromatic rings. The number of carbonyl (C=O) groups excluding carboxylic acids is 1. The van der Waals surface area contributed by atoms with E-state index >= 15 is 0 Å². The predicted molar refractivity (Wildman–Crippen MR) is 137 cm³/mol. The fraction of sp³-hybridized carbons (Fsp3) is 0.400. The first-order valence-electron chi connectivity index (χ1n) is 11.1. The molecule has 0 fully saturated rings. The third-order valence-corrected chi connectivity index (χ3v) is 6.61. The monoisotopic (exact) mass is 522 g/mol. The number of amides is 1. The molecule has 0 radical (unpaired) electrons. The lowest BCUT2D eigenvalue weighted by Crippen LogP contribution is -2.27. The number of nitrogens with zero attached hydrogens (tertiary/aromatic N) is 3. The summed E-state index contributed by atoms with van der Waals surface area (Å²) in [5.41, 5.74) is 1.79. The van der Waals surface area contributed by atoms with Crippen LogP contribution in [0.5, 0.6) is 0 Å². The van der Waals surface area contributed by atoms with Crippen LogP contribution < -0.4 is 5.32 Å². The van der Waals surface area contributed by atoms with Gasteiger partial charge in [0.15, 0.2) is 11.0 Å². The van der Waals surface area contributed by atoms with Gasteiger partial charge in [0.1, 0.15) is 5.82 Å². The topological polar surface area (TPSA) is 59.8 Å². The van der Waals surface area contributed by atoms with Gasteiger partial charge in [-0.05, 0) is 53.6 Å². The standard InChI is InChI=1S/C25H29Cl2FN4OS/c1-16(13-25(2,3)4)11-23(33)29-14-22-30-31-24(34-15-17-5-8-19(28)9-6-17)32(22)21-10-7-18(26)12-20(21)27/h5-10,12,16H,11,13-15H2,1-4H3,(H,29,33). The molecule has 0 aliphatic carbocycles. The van der Waals surface area contributed by atoms with Gasteiger partial charge in [-0.1, -0.05) is 74.8 Å². The number of hydrogen-bond donors (Lipinski definition) is 1. The number of halogens is 3. The van der Waals surface area contributed by atoms with Crippen molar-refractivity contribution in [3.05, 3.63) is 69.7 Å². The van der Waals surface area contributed by atoms with Crippen molar-refractivity contribution in [2.24, 2.45) is 11.3 Å². The lowest BCUT2D eigenvalue weighted by Gasteiger charge is -2.22. The zero-order valence-corrected chi connectivity index (χ0v) is 22.1. The number of aromatic nitrogens is 3. The Morgan fingerprint density at radius 3 is 2.50 bits per heavy atom. The van der Waals surface area contributed by atoms with Gasteiger partial charge in [0, 0.05) is 17.2 Å². The highest BCUT2D eigenvalue weighted by Crippen LogP contribution is 2.31. The lowest BCUT2D eigenvalue weighted by molar-refractivity contribution is -0.122. The molecule has 1 N–H and O–H groups in total. The van der Waals surface area contributed by atoms with E-state index in [4.69, 9.17) is 23.2 Å². The Morgan fingerprint density at radius 2 is 1.85 bits per heavy atom. The molecule has 1 aromatic heterocycles. The molecule has 2 aromatic carbocycles. The maximum absolute atomic E-state index is 13.2. The Labute approximate surface area is 214 Å². The molecule has 1 heterocycles. The maximum Gasteiger partial charge on any atom is 0.220 e. The first-order valence-corrected chi connectivity index (χ1v) is 12.8. The minimum Gasteiger partial charge on any atom is -0.349 e. The lowest BCUT2D eigenvalue weighted by atomic mass is 9.84. The van der Waals surface area contributed by atoms with E-state index in [1.54, 1.807) is 30.3 Å². The molecule has 1 atom stereocenters. The highest BCUT2D eigenvalue weighted by molar-refractivity contribution is 7.98. The van der Waals surface area contributed by atoms with Gasteiger partial charge in [-0.2, -0.15) is 0 Å². The van der Waals surface area contributed by atoms with Gasteiger partial charge in [0.2, 0.25) is 5.91 Å². The SMILES string of the molecule is CC(CC(=O)NCc1nnc(SCc2ccc(F)cc2)n1-c1ccc(Cl)cc1Cl)CC(C)(C)C. The van der Waals surface area contributed by atoms with Gasteiger partial charge in [0.05, 0.1) is 17.3 Å². The number of rotatable bonds is 9. The first kappa shape index (κ1) is 26.5. The summed E-state index contributed by atoms with van der Waals surface area (Å²) in [6.07, 6.45) is 1.40. The molecule has 3 rings (SSSR count). The van der Waals surface area contributed by atoms with Crippen LogP contribution in [0.2, 0.25) is 10.0 Å². The zero-order chi connectivity index (χ0) is 24.9. The summed E-state index contributed by atoms with van der Waals surface area (Å²) in [6, 6.07) is 11.5. The molecule has 1 unspecified atom stereocenters. The summed E-state index contributed by atoms with van der Waals surface area (Å²) < 4.78 is 15.1. The van der Waals surface area contributed by atoms with Crippen molar-refractivity contribution in [3.8, 4) is 5.69 Å². The van der Waals surface area contributed by atoms with Gasteiger partial charge in [-0.15, -0.1) is 10.2 Å². The van der Waals surface area contributed by atoms with E-state index in [9.17, 15) is 9.18 Å². The molecule has 0 saturated heterocycles. The first-order chi connectivity index (χ1) is 16.0. The molecule has 182 valence electrons. The van der Waals surface area contributed by atoms with Crippen LogP contribution in [0.15, 0.2) is 47.6 Å². The molecule has 0 bridgehead atoms. The minimum atomic E-state index is -0.278. The summed E-state index contributed by atoms with van der Waals surface area (Å²) in [4.78, 5) is 12.6. The van der Waals surface area contributed by atoms with E-state index < -0.39 is 0 Å².